The van der Waals surface area contributed by atoms with E-state index in [1.807, 2.05) is 13.8 Å². The van der Waals surface area contributed by atoms with Gasteiger partial charge in [0.1, 0.15) is 11.3 Å². The monoisotopic (exact) mass is 455 g/mol. The molecule has 0 N–H and O–H groups in total. The zero-order valence-corrected chi connectivity index (χ0v) is 18.5. The number of aromatic nitrogens is 2. The third-order valence-corrected chi connectivity index (χ3v) is 6.26. The van der Waals surface area contributed by atoms with E-state index in [0.717, 1.165) is 17.3 Å². The SMILES string of the molecule is CC1CN(C(=O)C=Cc2ccc3nsnc3c2[N+](=O)[O-])C(C)CN1Cc1ccc(F)cc1. The average Bonchev–Trinajstić information content (AvgIpc) is 3.24. The molecule has 0 spiro atoms. The van der Waals surface area contributed by atoms with Gasteiger partial charge in [0, 0.05) is 37.8 Å². The van der Waals surface area contributed by atoms with Gasteiger partial charge in [0.25, 0.3) is 0 Å². The van der Waals surface area contributed by atoms with E-state index in [9.17, 15) is 19.3 Å². The second-order valence-corrected chi connectivity index (χ2v) is 8.50. The molecule has 2 heterocycles. The number of rotatable bonds is 5. The van der Waals surface area contributed by atoms with Crippen molar-refractivity contribution in [1.82, 2.24) is 18.5 Å². The van der Waals surface area contributed by atoms with Gasteiger partial charge in [-0.05, 0) is 49.8 Å². The maximum Gasteiger partial charge on any atom is 0.305 e. The van der Waals surface area contributed by atoms with Crippen LogP contribution in [0.2, 0.25) is 0 Å². The molecule has 2 unspecified atom stereocenters. The zero-order valence-electron chi connectivity index (χ0n) is 17.6. The van der Waals surface area contributed by atoms with Gasteiger partial charge in [0.2, 0.25) is 5.91 Å². The van der Waals surface area contributed by atoms with Gasteiger partial charge in [-0.1, -0.05) is 12.1 Å². The van der Waals surface area contributed by atoms with Crippen molar-refractivity contribution in [2.75, 3.05) is 13.1 Å². The first kappa shape index (κ1) is 22.0. The normalized spacial score (nSPS) is 19.7. The highest BCUT2D eigenvalue weighted by Gasteiger charge is 2.31. The molecule has 1 saturated heterocycles. The topological polar surface area (TPSA) is 92.5 Å². The van der Waals surface area contributed by atoms with Crippen molar-refractivity contribution in [2.24, 2.45) is 0 Å². The predicted octanol–water partition coefficient (Wildman–Crippen LogP) is 3.87. The Morgan fingerprint density at radius 3 is 2.66 bits per heavy atom. The van der Waals surface area contributed by atoms with Crippen LogP contribution in [0.1, 0.15) is 25.0 Å². The van der Waals surface area contributed by atoms with E-state index in [1.54, 1.807) is 29.2 Å². The average molecular weight is 456 g/mol. The van der Waals surface area contributed by atoms with Crippen LogP contribution in [0, 0.1) is 15.9 Å². The summed E-state index contributed by atoms with van der Waals surface area (Å²) in [6.45, 7) is 5.91. The van der Waals surface area contributed by atoms with Crippen LogP contribution in [0.4, 0.5) is 10.1 Å². The fourth-order valence-electron chi connectivity index (χ4n) is 3.99. The maximum absolute atomic E-state index is 13.2. The molecule has 0 radical (unpaired) electrons. The Morgan fingerprint density at radius 2 is 1.94 bits per heavy atom. The van der Waals surface area contributed by atoms with Gasteiger partial charge in [-0.15, -0.1) is 0 Å². The van der Waals surface area contributed by atoms with E-state index in [0.29, 0.717) is 30.7 Å². The smallest absolute Gasteiger partial charge is 0.305 e. The van der Waals surface area contributed by atoms with E-state index < -0.39 is 4.92 Å². The van der Waals surface area contributed by atoms with Crippen molar-refractivity contribution >= 4 is 40.4 Å². The molecule has 166 valence electrons. The number of amides is 1. The van der Waals surface area contributed by atoms with Gasteiger partial charge in [0.05, 0.1) is 22.2 Å². The molecule has 1 aliphatic rings. The molecule has 10 heteroatoms. The molecule has 8 nitrogen and oxygen atoms in total. The molecule has 0 bridgehead atoms. The van der Waals surface area contributed by atoms with Crippen LogP contribution < -0.4 is 0 Å². The number of halogens is 1. The van der Waals surface area contributed by atoms with Crippen LogP contribution >= 0.6 is 11.7 Å². The summed E-state index contributed by atoms with van der Waals surface area (Å²) in [6.07, 6.45) is 2.86. The first-order chi connectivity index (χ1) is 15.3. The van der Waals surface area contributed by atoms with Crippen molar-refractivity contribution in [3.63, 3.8) is 0 Å². The minimum Gasteiger partial charge on any atom is -0.334 e. The fraction of sp³-hybridized carbons (Fsp3) is 0.318. The Bertz CT molecular complexity index is 1180. The van der Waals surface area contributed by atoms with Gasteiger partial charge in [-0.2, -0.15) is 8.75 Å². The number of nitrogens with zero attached hydrogens (tertiary/aromatic N) is 5. The van der Waals surface area contributed by atoms with Crippen LogP contribution in [-0.2, 0) is 11.3 Å². The molecule has 0 aliphatic carbocycles. The van der Waals surface area contributed by atoms with Gasteiger partial charge in [-0.25, -0.2) is 4.39 Å². The number of nitro benzene ring substituents is 1. The van der Waals surface area contributed by atoms with E-state index in [2.05, 4.69) is 13.6 Å². The molecule has 32 heavy (non-hydrogen) atoms. The molecule has 1 amide bonds. The second-order valence-electron chi connectivity index (χ2n) is 7.97. The Morgan fingerprint density at radius 1 is 1.19 bits per heavy atom. The van der Waals surface area contributed by atoms with E-state index in [4.69, 9.17) is 0 Å². The minimum absolute atomic E-state index is 0.0380. The number of fused-ring (bicyclic) bond motifs is 1. The highest BCUT2D eigenvalue weighted by Crippen LogP contribution is 2.29. The van der Waals surface area contributed by atoms with E-state index >= 15 is 0 Å². The lowest BCUT2D eigenvalue weighted by Gasteiger charge is -2.43. The first-order valence-corrected chi connectivity index (χ1v) is 10.9. The summed E-state index contributed by atoms with van der Waals surface area (Å²) in [5.41, 5.74) is 1.88. The quantitative estimate of drug-likeness (QED) is 0.329. The van der Waals surface area contributed by atoms with Gasteiger partial charge in [-0.3, -0.25) is 19.8 Å². The van der Waals surface area contributed by atoms with Crippen LogP contribution in [0.5, 0.6) is 0 Å². The number of carbonyl (C=O) groups excluding carboxylic acids is 1. The number of nitro groups is 1. The molecule has 1 fully saturated rings. The Kier molecular flexibility index (Phi) is 6.24. The Labute approximate surface area is 188 Å². The van der Waals surface area contributed by atoms with Crippen LogP contribution in [0.3, 0.4) is 0 Å². The van der Waals surface area contributed by atoms with Gasteiger partial charge in [0.15, 0.2) is 5.52 Å². The Hall–Kier alpha value is -3.24. The molecule has 2 aromatic carbocycles. The number of benzene rings is 2. The molecule has 1 aromatic heterocycles. The lowest BCUT2D eigenvalue weighted by Crippen LogP contribution is -2.57. The molecule has 4 rings (SSSR count). The molecule has 1 aliphatic heterocycles. The largest absolute Gasteiger partial charge is 0.334 e. The molecular weight excluding hydrogens is 433 g/mol. The molecule has 2 atom stereocenters. The van der Waals surface area contributed by atoms with E-state index in [1.165, 1.54) is 24.3 Å². The van der Waals surface area contributed by atoms with Gasteiger partial charge < -0.3 is 4.90 Å². The van der Waals surface area contributed by atoms with Crippen LogP contribution in [-0.4, -0.2) is 54.6 Å². The summed E-state index contributed by atoms with van der Waals surface area (Å²) in [4.78, 5) is 28.0. The third-order valence-electron chi connectivity index (χ3n) is 5.72. The number of hydrogen-bond donors (Lipinski definition) is 0. The van der Waals surface area contributed by atoms with Crippen molar-refractivity contribution < 1.29 is 14.1 Å². The van der Waals surface area contributed by atoms with Gasteiger partial charge >= 0.3 is 5.69 Å². The summed E-state index contributed by atoms with van der Waals surface area (Å²) < 4.78 is 21.2. The van der Waals surface area contributed by atoms with Crippen molar-refractivity contribution in [3.8, 4) is 0 Å². The molecule has 0 saturated carbocycles. The minimum atomic E-state index is -0.493. The number of carbonyl (C=O) groups is 1. The standard InChI is InChI=1S/C22H22FN5O3S/c1-14-12-27(15(2)11-26(14)13-16-3-7-18(23)8-4-16)20(29)10-6-17-5-9-19-21(25-32-24-19)22(17)28(30)31/h3-10,14-15H,11-13H2,1-2H3. The van der Waals surface area contributed by atoms with Crippen LogP contribution in [0.25, 0.3) is 17.1 Å². The highest BCUT2D eigenvalue weighted by atomic mass is 32.1. The summed E-state index contributed by atoms with van der Waals surface area (Å²) in [5, 5.41) is 11.6. The van der Waals surface area contributed by atoms with Crippen molar-refractivity contribution in [2.45, 2.75) is 32.5 Å². The fourth-order valence-corrected chi connectivity index (χ4v) is 4.52. The zero-order chi connectivity index (χ0) is 22.8. The second kappa shape index (κ2) is 9.09. The molecule has 3 aromatic rings. The lowest BCUT2D eigenvalue weighted by atomic mass is 10.1. The summed E-state index contributed by atoms with van der Waals surface area (Å²) in [7, 11) is 0. The third kappa shape index (κ3) is 4.51. The van der Waals surface area contributed by atoms with E-state index in [-0.39, 0.29) is 35.0 Å². The summed E-state index contributed by atoms with van der Waals surface area (Å²) >= 11 is 0.915. The van der Waals surface area contributed by atoms with Crippen LogP contribution in [0.15, 0.2) is 42.5 Å². The van der Waals surface area contributed by atoms with Crippen molar-refractivity contribution in [1.29, 1.82) is 0 Å². The predicted molar refractivity (Wildman–Crippen MR) is 121 cm³/mol. The Balaban J connectivity index is 1.47. The highest BCUT2D eigenvalue weighted by molar-refractivity contribution is 7.00. The summed E-state index contributed by atoms with van der Waals surface area (Å²) in [6, 6.07) is 9.76. The molecular formula is C22H22FN5O3S. The maximum atomic E-state index is 13.2. The lowest BCUT2D eigenvalue weighted by molar-refractivity contribution is -0.383. The number of piperazine rings is 1. The first-order valence-electron chi connectivity index (χ1n) is 10.2. The number of hydrogen-bond acceptors (Lipinski definition) is 7. The van der Waals surface area contributed by atoms with Crippen molar-refractivity contribution in [3.05, 3.63) is 69.5 Å². The summed E-state index contributed by atoms with van der Waals surface area (Å²) in [5.74, 6) is -0.459.